The fraction of sp³-hybridized carbons (Fsp3) is 0. The Morgan fingerprint density at radius 1 is 1.04 bits per heavy atom. The molecule has 138 valence electrons. The van der Waals surface area contributed by atoms with E-state index in [4.69, 9.17) is 0 Å². The van der Waals surface area contributed by atoms with Gasteiger partial charge in [-0.25, -0.2) is 9.37 Å². The maximum Gasteiger partial charge on any atom is 0.258 e. The van der Waals surface area contributed by atoms with Crippen LogP contribution >= 0.6 is 11.3 Å². The zero-order valence-corrected chi connectivity index (χ0v) is 15.2. The number of pyridine rings is 2. The first kappa shape index (κ1) is 17.7. The molecule has 0 bridgehead atoms. The third-order valence-corrected chi connectivity index (χ3v) is 4.69. The van der Waals surface area contributed by atoms with E-state index in [9.17, 15) is 14.0 Å². The summed E-state index contributed by atoms with van der Waals surface area (Å²) in [6.45, 7) is 0. The van der Waals surface area contributed by atoms with E-state index in [2.05, 4.69) is 15.3 Å². The van der Waals surface area contributed by atoms with Gasteiger partial charge in [-0.05, 0) is 42.5 Å². The summed E-state index contributed by atoms with van der Waals surface area (Å²) in [6.07, 6.45) is 3.09. The summed E-state index contributed by atoms with van der Waals surface area (Å²) in [5.74, 6) is -0.809. The fourth-order valence-electron chi connectivity index (χ4n) is 2.56. The van der Waals surface area contributed by atoms with Gasteiger partial charge in [-0.3, -0.25) is 24.5 Å². The number of thiazole rings is 1. The number of hydrogen-bond acceptors (Lipinski definition) is 5. The van der Waals surface area contributed by atoms with Gasteiger partial charge in [0.05, 0.1) is 11.3 Å². The van der Waals surface area contributed by atoms with E-state index in [1.165, 1.54) is 58.5 Å². The Morgan fingerprint density at radius 2 is 1.86 bits per heavy atom. The highest BCUT2D eigenvalue weighted by atomic mass is 32.1. The Kier molecular flexibility index (Phi) is 4.77. The molecule has 4 aromatic rings. The van der Waals surface area contributed by atoms with Crippen molar-refractivity contribution in [2.24, 2.45) is 0 Å². The molecule has 0 aliphatic rings. The van der Waals surface area contributed by atoms with Crippen LogP contribution in [0.1, 0.15) is 10.4 Å². The van der Waals surface area contributed by atoms with E-state index in [1.54, 1.807) is 11.6 Å². The SMILES string of the molecule is O=C(Nc1nc(-c2ccccn2)cs1)c1ccc(=O)n(-c2ccc(F)cc2)c1. The molecule has 1 aromatic carbocycles. The maximum atomic E-state index is 13.1. The van der Waals surface area contributed by atoms with Crippen molar-refractivity contribution in [3.63, 3.8) is 0 Å². The van der Waals surface area contributed by atoms with Gasteiger partial charge in [-0.1, -0.05) is 6.07 Å². The predicted molar refractivity (Wildman–Crippen MR) is 105 cm³/mol. The van der Waals surface area contributed by atoms with Gasteiger partial charge in [0.1, 0.15) is 11.5 Å². The third-order valence-electron chi connectivity index (χ3n) is 3.93. The standard InChI is InChI=1S/C20H13FN4O2S/c21-14-5-7-15(8-6-14)25-11-13(4-9-18(25)26)19(27)24-20-23-17(12-28-20)16-3-1-2-10-22-16/h1-12H,(H,23,24,27). The number of halogens is 1. The summed E-state index contributed by atoms with van der Waals surface area (Å²) in [4.78, 5) is 33.3. The van der Waals surface area contributed by atoms with Crippen LogP contribution in [0.15, 0.2) is 77.2 Å². The minimum atomic E-state index is -0.405. The molecule has 3 aromatic heterocycles. The molecule has 4 rings (SSSR count). The Bertz CT molecular complexity index is 1190. The highest BCUT2D eigenvalue weighted by Gasteiger charge is 2.12. The van der Waals surface area contributed by atoms with Crippen LogP contribution in [0.2, 0.25) is 0 Å². The van der Waals surface area contributed by atoms with Gasteiger partial charge in [0.2, 0.25) is 0 Å². The van der Waals surface area contributed by atoms with E-state index in [-0.39, 0.29) is 11.1 Å². The molecule has 8 heteroatoms. The average molecular weight is 392 g/mol. The number of carbonyl (C=O) groups is 1. The van der Waals surface area contributed by atoms with Gasteiger partial charge in [0.15, 0.2) is 5.13 Å². The Hall–Kier alpha value is -3.65. The van der Waals surface area contributed by atoms with Crippen LogP contribution in [-0.2, 0) is 0 Å². The Balaban J connectivity index is 1.57. The minimum Gasteiger partial charge on any atom is -0.298 e. The van der Waals surface area contributed by atoms with Crippen LogP contribution in [0, 0.1) is 5.82 Å². The molecule has 0 fully saturated rings. The van der Waals surface area contributed by atoms with Crippen molar-refractivity contribution in [3.05, 3.63) is 94.1 Å². The molecule has 0 radical (unpaired) electrons. The van der Waals surface area contributed by atoms with Crippen molar-refractivity contribution in [1.29, 1.82) is 0 Å². The highest BCUT2D eigenvalue weighted by molar-refractivity contribution is 7.14. The Morgan fingerprint density at radius 3 is 2.61 bits per heavy atom. The summed E-state index contributed by atoms with van der Waals surface area (Å²) in [5.41, 5.74) is 1.79. The van der Waals surface area contributed by atoms with Crippen molar-refractivity contribution in [1.82, 2.24) is 14.5 Å². The first-order chi connectivity index (χ1) is 13.6. The molecule has 3 heterocycles. The highest BCUT2D eigenvalue weighted by Crippen LogP contribution is 2.23. The normalized spacial score (nSPS) is 10.6. The number of nitrogens with zero attached hydrogens (tertiary/aromatic N) is 3. The van der Waals surface area contributed by atoms with Gasteiger partial charge in [0.25, 0.3) is 11.5 Å². The van der Waals surface area contributed by atoms with Crippen LogP contribution in [0.4, 0.5) is 9.52 Å². The number of carbonyl (C=O) groups excluding carboxylic acids is 1. The van der Waals surface area contributed by atoms with Gasteiger partial charge in [-0.15, -0.1) is 11.3 Å². The Labute approximate surface area is 163 Å². The molecule has 0 saturated carbocycles. The second-order valence-electron chi connectivity index (χ2n) is 5.81. The number of rotatable bonds is 4. The monoisotopic (exact) mass is 392 g/mol. The van der Waals surface area contributed by atoms with Crippen molar-refractivity contribution < 1.29 is 9.18 Å². The zero-order valence-electron chi connectivity index (χ0n) is 14.4. The van der Waals surface area contributed by atoms with E-state index in [0.29, 0.717) is 22.2 Å². The van der Waals surface area contributed by atoms with Crippen molar-refractivity contribution in [2.75, 3.05) is 5.32 Å². The molecule has 0 aliphatic carbocycles. The molecule has 0 saturated heterocycles. The van der Waals surface area contributed by atoms with Gasteiger partial charge >= 0.3 is 0 Å². The van der Waals surface area contributed by atoms with Crippen LogP contribution < -0.4 is 10.9 Å². The summed E-state index contributed by atoms with van der Waals surface area (Å²) >= 11 is 1.28. The topological polar surface area (TPSA) is 76.9 Å². The fourth-order valence-corrected chi connectivity index (χ4v) is 3.26. The summed E-state index contributed by atoms with van der Waals surface area (Å²) in [5, 5.41) is 4.95. The lowest BCUT2D eigenvalue weighted by Gasteiger charge is -2.08. The summed E-state index contributed by atoms with van der Waals surface area (Å²) < 4.78 is 14.4. The van der Waals surface area contributed by atoms with Crippen LogP contribution in [0.25, 0.3) is 17.1 Å². The van der Waals surface area contributed by atoms with Gasteiger partial charge < -0.3 is 0 Å². The molecule has 1 amide bonds. The summed E-state index contributed by atoms with van der Waals surface area (Å²) in [7, 11) is 0. The van der Waals surface area contributed by atoms with E-state index in [0.717, 1.165) is 0 Å². The van der Waals surface area contributed by atoms with Gasteiger partial charge in [0, 0.05) is 29.5 Å². The predicted octanol–water partition coefficient (Wildman–Crippen LogP) is 3.75. The number of amides is 1. The van der Waals surface area contributed by atoms with E-state index < -0.39 is 11.7 Å². The first-order valence-electron chi connectivity index (χ1n) is 8.27. The molecule has 6 nitrogen and oxygen atoms in total. The maximum absolute atomic E-state index is 13.1. The minimum absolute atomic E-state index is 0.276. The number of hydrogen-bond donors (Lipinski definition) is 1. The quantitative estimate of drug-likeness (QED) is 0.574. The third kappa shape index (κ3) is 3.72. The summed E-state index contributed by atoms with van der Waals surface area (Å²) in [6, 6.07) is 13.7. The lowest BCUT2D eigenvalue weighted by Crippen LogP contribution is -2.20. The second kappa shape index (κ2) is 7.53. The largest absolute Gasteiger partial charge is 0.298 e. The molecule has 0 aliphatic heterocycles. The molecule has 0 unspecified atom stereocenters. The van der Waals surface area contributed by atoms with Gasteiger partial charge in [-0.2, -0.15) is 0 Å². The molecule has 28 heavy (non-hydrogen) atoms. The number of nitrogens with one attached hydrogen (secondary N) is 1. The van der Waals surface area contributed by atoms with Crippen molar-refractivity contribution in [3.8, 4) is 17.1 Å². The lowest BCUT2D eigenvalue weighted by molar-refractivity contribution is 0.102. The number of benzene rings is 1. The number of anilines is 1. The molecule has 0 atom stereocenters. The van der Waals surface area contributed by atoms with Crippen LogP contribution in [0.3, 0.4) is 0 Å². The molecule has 0 spiro atoms. The average Bonchev–Trinajstić information content (AvgIpc) is 3.18. The van der Waals surface area contributed by atoms with Crippen LogP contribution in [-0.4, -0.2) is 20.4 Å². The molecular weight excluding hydrogens is 379 g/mol. The zero-order chi connectivity index (χ0) is 19.5. The molecular formula is C20H13FN4O2S. The smallest absolute Gasteiger partial charge is 0.258 e. The van der Waals surface area contributed by atoms with Crippen molar-refractivity contribution >= 4 is 22.4 Å². The van der Waals surface area contributed by atoms with E-state index in [1.807, 2.05) is 18.2 Å². The lowest BCUT2D eigenvalue weighted by atomic mass is 10.2. The first-order valence-corrected chi connectivity index (χ1v) is 9.15. The molecule has 1 N–H and O–H groups in total. The van der Waals surface area contributed by atoms with Crippen LogP contribution in [0.5, 0.6) is 0 Å². The number of aromatic nitrogens is 3. The van der Waals surface area contributed by atoms with Crippen molar-refractivity contribution in [2.45, 2.75) is 0 Å². The van der Waals surface area contributed by atoms with E-state index >= 15 is 0 Å². The second-order valence-corrected chi connectivity index (χ2v) is 6.67.